The number of hydrogen-bond acceptors (Lipinski definition) is 4. The number of nitrogens with zero attached hydrogens (tertiary/aromatic N) is 3. The molecule has 148 valence electrons. The first-order chi connectivity index (χ1) is 13.7. The van der Waals surface area contributed by atoms with Crippen LogP contribution in [-0.2, 0) is 11.3 Å². The van der Waals surface area contributed by atoms with E-state index in [4.69, 9.17) is 4.42 Å². The maximum Gasteiger partial charge on any atom is 0.230 e. The molecule has 3 fully saturated rings. The molecule has 0 bridgehead atoms. The second-order valence-corrected chi connectivity index (χ2v) is 8.90. The molecular weight excluding hydrogens is 350 g/mol. The third kappa shape index (κ3) is 3.37. The van der Waals surface area contributed by atoms with E-state index >= 15 is 0 Å². The number of hydrogen-bond donors (Lipinski definition) is 0. The van der Waals surface area contributed by atoms with Crippen LogP contribution < -0.4 is 0 Å². The molecule has 5 heteroatoms. The molecule has 1 spiro atoms. The Labute approximate surface area is 166 Å². The Morgan fingerprint density at radius 3 is 2.75 bits per heavy atom. The molecule has 1 aromatic heterocycles. The van der Waals surface area contributed by atoms with Gasteiger partial charge in [0.1, 0.15) is 6.26 Å². The number of carbonyl (C=O) groups is 1. The van der Waals surface area contributed by atoms with Crippen molar-refractivity contribution in [1.82, 2.24) is 14.8 Å². The van der Waals surface area contributed by atoms with Gasteiger partial charge in [0, 0.05) is 31.7 Å². The first kappa shape index (κ1) is 17.9. The second-order valence-electron chi connectivity index (χ2n) is 8.90. The molecule has 28 heavy (non-hydrogen) atoms. The summed E-state index contributed by atoms with van der Waals surface area (Å²) >= 11 is 0. The lowest BCUT2D eigenvalue weighted by Crippen LogP contribution is -2.51. The molecule has 2 saturated heterocycles. The average molecular weight is 380 g/mol. The monoisotopic (exact) mass is 379 g/mol. The number of oxazole rings is 1. The fourth-order valence-electron chi connectivity index (χ4n) is 5.11. The van der Waals surface area contributed by atoms with E-state index in [-0.39, 0.29) is 5.41 Å². The lowest BCUT2D eigenvalue weighted by molar-refractivity contribution is -0.146. The number of benzene rings is 1. The first-order valence-corrected chi connectivity index (χ1v) is 10.7. The van der Waals surface area contributed by atoms with Crippen molar-refractivity contribution in [2.75, 3.05) is 26.2 Å². The van der Waals surface area contributed by atoms with E-state index in [1.54, 1.807) is 6.26 Å². The fraction of sp³-hybridized carbons (Fsp3) is 0.565. The van der Waals surface area contributed by atoms with Crippen LogP contribution in [0.5, 0.6) is 0 Å². The molecule has 0 radical (unpaired) electrons. The van der Waals surface area contributed by atoms with Crippen molar-refractivity contribution in [3.8, 4) is 11.5 Å². The van der Waals surface area contributed by atoms with Crippen LogP contribution in [0.25, 0.3) is 11.5 Å². The molecule has 1 amide bonds. The highest BCUT2D eigenvalue weighted by molar-refractivity contribution is 5.84. The van der Waals surface area contributed by atoms with E-state index in [0.717, 1.165) is 69.2 Å². The van der Waals surface area contributed by atoms with E-state index in [1.807, 2.05) is 30.3 Å². The van der Waals surface area contributed by atoms with Gasteiger partial charge >= 0.3 is 0 Å². The first-order valence-electron chi connectivity index (χ1n) is 10.7. The number of carbonyl (C=O) groups excluding carboxylic acids is 1. The molecule has 1 atom stereocenters. The highest BCUT2D eigenvalue weighted by atomic mass is 16.3. The molecule has 0 unspecified atom stereocenters. The summed E-state index contributed by atoms with van der Waals surface area (Å²) in [5, 5.41) is 0. The predicted molar refractivity (Wildman–Crippen MR) is 107 cm³/mol. The van der Waals surface area contributed by atoms with Gasteiger partial charge in [-0.2, -0.15) is 0 Å². The van der Waals surface area contributed by atoms with E-state index < -0.39 is 0 Å². The molecule has 1 aromatic carbocycles. The summed E-state index contributed by atoms with van der Waals surface area (Å²) in [6.07, 6.45) is 8.88. The fourth-order valence-corrected chi connectivity index (χ4v) is 5.11. The molecule has 1 aliphatic carbocycles. The number of amides is 1. The maximum atomic E-state index is 13.3. The second kappa shape index (κ2) is 7.36. The zero-order valence-corrected chi connectivity index (χ0v) is 16.5. The summed E-state index contributed by atoms with van der Waals surface area (Å²) in [5.41, 5.74) is 1.79. The maximum absolute atomic E-state index is 13.3. The van der Waals surface area contributed by atoms with E-state index in [1.165, 1.54) is 19.3 Å². The molecular formula is C23H29N3O2. The van der Waals surface area contributed by atoms with Gasteiger partial charge in [-0.05, 0) is 56.7 Å². The van der Waals surface area contributed by atoms with Crippen LogP contribution in [0.4, 0.5) is 0 Å². The van der Waals surface area contributed by atoms with Crippen molar-refractivity contribution in [3.05, 3.63) is 42.3 Å². The van der Waals surface area contributed by atoms with Gasteiger partial charge in [0.2, 0.25) is 11.8 Å². The zero-order chi connectivity index (χ0) is 19.0. The molecule has 0 N–H and O–H groups in total. The number of piperidine rings is 1. The molecule has 2 aromatic rings. The smallest absolute Gasteiger partial charge is 0.230 e. The number of aromatic nitrogens is 1. The van der Waals surface area contributed by atoms with Crippen LogP contribution in [0, 0.1) is 11.3 Å². The van der Waals surface area contributed by atoms with Gasteiger partial charge in [-0.3, -0.25) is 9.69 Å². The summed E-state index contributed by atoms with van der Waals surface area (Å²) in [5.74, 6) is 1.84. The zero-order valence-electron chi connectivity index (χ0n) is 16.5. The molecule has 5 rings (SSSR count). The van der Waals surface area contributed by atoms with Gasteiger partial charge in [-0.15, -0.1) is 0 Å². The Balaban J connectivity index is 1.23. The van der Waals surface area contributed by atoms with Gasteiger partial charge in [0.05, 0.1) is 11.1 Å². The van der Waals surface area contributed by atoms with Crippen LogP contribution >= 0.6 is 0 Å². The molecule has 3 heterocycles. The third-order valence-corrected chi connectivity index (χ3v) is 6.92. The summed E-state index contributed by atoms with van der Waals surface area (Å²) < 4.78 is 5.69. The van der Waals surface area contributed by atoms with E-state index in [9.17, 15) is 4.79 Å². The standard InChI is InChI=1S/C23H29N3O2/c27-22-23(10-5-12-26(22)14-18-6-4-7-18)11-13-25(17-23)15-20-16-28-21(24-20)19-8-2-1-3-9-19/h1-3,8-9,16,18H,4-7,10-15,17H2/t23-/m1/s1. The van der Waals surface area contributed by atoms with Crippen molar-refractivity contribution >= 4 is 5.91 Å². The van der Waals surface area contributed by atoms with Gasteiger partial charge in [-0.25, -0.2) is 4.98 Å². The minimum absolute atomic E-state index is 0.159. The molecule has 1 saturated carbocycles. The summed E-state index contributed by atoms with van der Waals surface area (Å²) in [6.45, 7) is 4.54. The lowest BCUT2D eigenvalue weighted by atomic mass is 9.77. The normalized spacial score (nSPS) is 26.1. The lowest BCUT2D eigenvalue weighted by Gasteiger charge is -2.42. The molecule has 3 aliphatic rings. The summed E-state index contributed by atoms with van der Waals surface area (Å²) in [4.78, 5) is 22.5. The van der Waals surface area contributed by atoms with Crippen molar-refractivity contribution in [1.29, 1.82) is 0 Å². The van der Waals surface area contributed by atoms with Crippen LogP contribution in [0.2, 0.25) is 0 Å². The summed E-state index contributed by atoms with van der Waals surface area (Å²) in [7, 11) is 0. The summed E-state index contributed by atoms with van der Waals surface area (Å²) in [6, 6.07) is 10.0. The van der Waals surface area contributed by atoms with E-state index in [2.05, 4.69) is 14.8 Å². The molecule has 5 nitrogen and oxygen atoms in total. The van der Waals surface area contributed by atoms with Gasteiger partial charge in [-0.1, -0.05) is 24.6 Å². The Hall–Kier alpha value is -2.14. The topological polar surface area (TPSA) is 49.6 Å². The highest BCUT2D eigenvalue weighted by Crippen LogP contribution is 2.41. The highest BCUT2D eigenvalue weighted by Gasteiger charge is 2.48. The largest absolute Gasteiger partial charge is 0.444 e. The van der Waals surface area contributed by atoms with Crippen molar-refractivity contribution in [2.45, 2.75) is 45.1 Å². The van der Waals surface area contributed by atoms with E-state index in [0.29, 0.717) is 11.8 Å². The Kier molecular flexibility index (Phi) is 4.71. The van der Waals surface area contributed by atoms with Gasteiger partial charge in [0.25, 0.3) is 0 Å². The van der Waals surface area contributed by atoms with Crippen LogP contribution in [0.1, 0.15) is 44.2 Å². The van der Waals surface area contributed by atoms with Crippen molar-refractivity contribution in [2.24, 2.45) is 11.3 Å². The Bertz CT molecular complexity index is 829. The minimum atomic E-state index is -0.159. The SMILES string of the molecule is O=C1N(CC2CCC2)CCC[C@]12CCN(Cc1coc(-c3ccccc3)n1)C2. The minimum Gasteiger partial charge on any atom is -0.444 e. The number of likely N-dealkylation sites (tertiary alicyclic amines) is 2. The van der Waals surface area contributed by atoms with Gasteiger partial charge < -0.3 is 9.32 Å². The average Bonchev–Trinajstić information content (AvgIpc) is 3.31. The van der Waals surface area contributed by atoms with Crippen LogP contribution in [-0.4, -0.2) is 46.9 Å². The Morgan fingerprint density at radius 1 is 1.11 bits per heavy atom. The predicted octanol–water partition coefficient (Wildman–Crippen LogP) is 3.96. The quantitative estimate of drug-likeness (QED) is 0.789. The van der Waals surface area contributed by atoms with Crippen molar-refractivity contribution in [3.63, 3.8) is 0 Å². The third-order valence-electron chi connectivity index (χ3n) is 6.92. The molecule has 2 aliphatic heterocycles. The van der Waals surface area contributed by atoms with Crippen molar-refractivity contribution < 1.29 is 9.21 Å². The number of rotatable bonds is 5. The Morgan fingerprint density at radius 2 is 1.96 bits per heavy atom. The van der Waals surface area contributed by atoms with Gasteiger partial charge in [0.15, 0.2) is 0 Å². The van der Waals surface area contributed by atoms with Crippen LogP contribution in [0.15, 0.2) is 41.0 Å². The van der Waals surface area contributed by atoms with Crippen LogP contribution in [0.3, 0.4) is 0 Å².